The Morgan fingerprint density at radius 3 is 2.30 bits per heavy atom. The molecule has 2 N–H and O–H groups in total. The first-order chi connectivity index (χ1) is 4.61. The van der Waals surface area contributed by atoms with Crippen LogP contribution in [0.15, 0.2) is 0 Å². The molecule has 1 rings (SSSR count). The minimum absolute atomic E-state index is 0.0451. The van der Waals surface area contributed by atoms with E-state index in [9.17, 15) is 9.18 Å². The monoisotopic (exact) mass is 148 g/mol. The lowest BCUT2D eigenvalue weighted by atomic mass is 10.1. The molecule has 4 heteroatoms. The molecule has 3 atom stereocenters. The van der Waals surface area contributed by atoms with Gasteiger partial charge in [-0.05, 0) is 12.8 Å². The summed E-state index contributed by atoms with van der Waals surface area (Å²) in [7, 11) is 0. The Kier molecular flexibility index (Phi) is 1.89. The highest BCUT2D eigenvalue weighted by atomic mass is 19.1. The highest BCUT2D eigenvalue weighted by Gasteiger charge is 2.36. The lowest BCUT2D eigenvalue weighted by molar-refractivity contribution is -0.141. The first-order valence-corrected chi connectivity index (χ1v) is 3.16. The van der Waals surface area contributed by atoms with Crippen molar-refractivity contribution < 1.29 is 19.4 Å². The van der Waals surface area contributed by atoms with Gasteiger partial charge in [-0.25, -0.2) is 4.39 Å². The third-order valence-corrected chi connectivity index (χ3v) is 1.80. The van der Waals surface area contributed by atoms with Crippen LogP contribution in [0.25, 0.3) is 0 Å². The average Bonchev–Trinajstić information content (AvgIpc) is 2.13. The van der Waals surface area contributed by atoms with Crippen LogP contribution in [0, 0.1) is 5.92 Å². The molecule has 0 saturated heterocycles. The molecule has 0 spiro atoms. The predicted molar refractivity (Wildman–Crippen MR) is 31.3 cm³/mol. The zero-order valence-corrected chi connectivity index (χ0v) is 5.33. The summed E-state index contributed by atoms with van der Waals surface area (Å²) in [5.41, 5.74) is 0. The highest BCUT2D eigenvalue weighted by Crippen LogP contribution is 2.28. The number of aliphatic hydroxyl groups is 1. The summed E-state index contributed by atoms with van der Waals surface area (Å²) >= 11 is 0. The van der Waals surface area contributed by atoms with Crippen molar-refractivity contribution in [2.45, 2.75) is 25.1 Å². The van der Waals surface area contributed by atoms with E-state index in [2.05, 4.69) is 0 Å². The van der Waals surface area contributed by atoms with Crippen LogP contribution in [-0.4, -0.2) is 28.5 Å². The van der Waals surface area contributed by atoms with E-state index >= 15 is 0 Å². The second kappa shape index (κ2) is 2.54. The van der Waals surface area contributed by atoms with E-state index in [1.165, 1.54) is 0 Å². The number of carboxylic acids is 1. The minimum Gasteiger partial charge on any atom is -0.481 e. The number of hydrogen-bond acceptors (Lipinski definition) is 2. The molecule has 0 aromatic rings. The summed E-state index contributed by atoms with van der Waals surface area (Å²) in [6.07, 6.45) is -2.41. The molecule has 1 aliphatic rings. The van der Waals surface area contributed by atoms with Crippen molar-refractivity contribution in [2.75, 3.05) is 0 Å². The molecule has 0 aromatic heterocycles. The molecular formula is C6H9FO3. The van der Waals surface area contributed by atoms with Crippen molar-refractivity contribution in [1.82, 2.24) is 0 Å². The van der Waals surface area contributed by atoms with Crippen LogP contribution in [0.5, 0.6) is 0 Å². The molecule has 1 fully saturated rings. The van der Waals surface area contributed by atoms with Gasteiger partial charge < -0.3 is 10.2 Å². The number of rotatable bonds is 1. The Labute approximate surface area is 57.5 Å². The summed E-state index contributed by atoms with van der Waals surface area (Å²) in [6, 6.07) is 0. The van der Waals surface area contributed by atoms with E-state index < -0.39 is 24.2 Å². The molecule has 0 aromatic carbocycles. The van der Waals surface area contributed by atoms with Crippen LogP contribution in [0.3, 0.4) is 0 Å². The molecular weight excluding hydrogens is 139 g/mol. The van der Waals surface area contributed by atoms with Gasteiger partial charge in [-0.15, -0.1) is 0 Å². The third-order valence-electron chi connectivity index (χ3n) is 1.80. The van der Waals surface area contributed by atoms with Gasteiger partial charge in [0.2, 0.25) is 0 Å². The zero-order valence-electron chi connectivity index (χ0n) is 5.33. The Balaban J connectivity index is 2.49. The van der Waals surface area contributed by atoms with E-state index in [4.69, 9.17) is 10.2 Å². The number of carboxylic acid groups (broad SMARTS) is 1. The van der Waals surface area contributed by atoms with Gasteiger partial charge >= 0.3 is 5.97 Å². The number of halogens is 1. The van der Waals surface area contributed by atoms with Gasteiger partial charge in [0.15, 0.2) is 0 Å². The van der Waals surface area contributed by atoms with Crippen molar-refractivity contribution in [3.8, 4) is 0 Å². The van der Waals surface area contributed by atoms with Crippen LogP contribution in [0.4, 0.5) is 4.39 Å². The minimum atomic E-state index is -1.35. The third kappa shape index (κ3) is 1.26. The molecule has 1 aliphatic carbocycles. The molecule has 0 unspecified atom stereocenters. The SMILES string of the molecule is O=C(O)[C@@H]1C[C@@H](O)[C@H](F)C1. The van der Waals surface area contributed by atoms with E-state index in [-0.39, 0.29) is 12.8 Å². The second-order valence-electron chi connectivity index (χ2n) is 2.59. The predicted octanol–water partition coefficient (Wildman–Crippen LogP) is 0.180. The molecule has 0 aliphatic heterocycles. The van der Waals surface area contributed by atoms with Gasteiger partial charge in [-0.2, -0.15) is 0 Å². The van der Waals surface area contributed by atoms with Gasteiger partial charge in [-0.1, -0.05) is 0 Å². The first kappa shape index (κ1) is 7.47. The molecule has 3 nitrogen and oxygen atoms in total. The van der Waals surface area contributed by atoms with Crippen LogP contribution in [0.2, 0.25) is 0 Å². The lowest BCUT2D eigenvalue weighted by Crippen LogP contribution is -2.12. The van der Waals surface area contributed by atoms with Crippen LogP contribution in [0.1, 0.15) is 12.8 Å². The Morgan fingerprint density at radius 1 is 1.50 bits per heavy atom. The van der Waals surface area contributed by atoms with Crippen molar-refractivity contribution in [3.05, 3.63) is 0 Å². The van der Waals surface area contributed by atoms with E-state index in [0.29, 0.717) is 0 Å². The number of hydrogen-bond donors (Lipinski definition) is 2. The normalized spacial score (nSPS) is 40.0. The topological polar surface area (TPSA) is 57.5 Å². The van der Waals surface area contributed by atoms with E-state index in [1.807, 2.05) is 0 Å². The Bertz CT molecular complexity index is 138. The van der Waals surface area contributed by atoms with Gasteiger partial charge in [0.05, 0.1) is 12.0 Å². The molecule has 10 heavy (non-hydrogen) atoms. The Hall–Kier alpha value is -0.640. The first-order valence-electron chi connectivity index (χ1n) is 3.16. The number of aliphatic carboxylic acids is 1. The van der Waals surface area contributed by atoms with Gasteiger partial charge in [0.1, 0.15) is 6.17 Å². The summed E-state index contributed by atoms with van der Waals surface area (Å²) in [5.74, 6) is -1.70. The van der Waals surface area contributed by atoms with E-state index in [1.54, 1.807) is 0 Å². The highest BCUT2D eigenvalue weighted by molar-refractivity contribution is 5.70. The summed E-state index contributed by atoms with van der Waals surface area (Å²) < 4.78 is 12.4. The lowest BCUT2D eigenvalue weighted by Gasteiger charge is -2.00. The number of alkyl halides is 1. The Morgan fingerprint density at radius 2 is 2.10 bits per heavy atom. The van der Waals surface area contributed by atoms with Crippen LogP contribution >= 0.6 is 0 Å². The fourth-order valence-corrected chi connectivity index (χ4v) is 1.17. The van der Waals surface area contributed by atoms with Gasteiger partial charge in [-0.3, -0.25) is 4.79 Å². The van der Waals surface area contributed by atoms with Crippen molar-refractivity contribution in [3.63, 3.8) is 0 Å². The number of aliphatic hydroxyl groups excluding tert-OH is 1. The maximum absolute atomic E-state index is 12.4. The quantitative estimate of drug-likeness (QED) is 0.557. The molecule has 0 bridgehead atoms. The molecule has 58 valence electrons. The maximum Gasteiger partial charge on any atom is 0.306 e. The summed E-state index contributed by atoms with van der Waals surface area (Å²) in [6.45, 7) is 0. The van der Waals surface area contributed by atoms with Crippen molar-refractivity contribution >= 4 is 5.97 Å². The van der Waals surface area contributed by atoms with Crippen LogP contribution < -0.4 is 0 Å². The fourth-order valence-electron chi connectivity index (χ4n) is 1.17. The molecule has 0 radical (unpaired) electrons. The summed E-state index contributed by atoms with van der Waals surface area (Å²) in [4.78, 5) is 10.2. The van der Waals surface area contributed by atoms with Crippen molar-refractivity contribution in [1.29, 1.82) is 0 Å². The van der Waals surface area contributed by atoms with Crippen LogP contribution in [-0.2, 0) is 4.79 Å². The van der Waals surface area contributed by atoms with E-state index in [0.717, 1.165) is 0 Å². The fraction of sp³-hybridized carbons (Fsp3) is 0.833. The average molecular weight is 148 g/mol. The largest absolute Gasteiger partial charge is 0.481 e. The van der Waals surface area contributed by atoms with Gasteiger partial charge in [0.25, 0.3) is 0 Å². The number of carbonyl (C=O) groups is 1. The smallest absolute Gasteiger partial charge is 0.306 e. The summed E-state index contributed by atoms with van der Waals surface area (Å²) in [5, 5.41) is 17.1. The molecule has 0 heterocycles. The second-order valence-corrected chi connectivity index (χ2v) is 2.59. The standard InChI is InChI=1S/C6H9FO3/c7-4-1-3(6(9)10)2-5(4)8/h3-5,8H,1-2H2,(H,9,10)/t3-,4+,5+/m0/s1. The molecule has 1 saturated carbocycles. The maximum atomic E-state index is 12.4. The van der Waals surface area contributed by atoms with Crippen molar-refractivity contribution in [2.24, 2.45) is 5.92 Å². The van der Waals surface area contributed by atoms with Gasteiger partial charge in [0, 0.05) is 0 Å². The molecule has 0 amide bonds. The zero-order chi connectivity index (χ0) is 7.72.